The van der Waals surface area contributed by atoms with Crippen LogP contribution in [0.3, 0.4) is 0 Å². The van der Waals surface area contributed by atoms with Crippen molar-refractivity contribution in [2.24, 2.45) is 23.2 Å². The number of fused-ring (bicyclic) bond motifs is 1. The van der Waals surface area contributed by atoms with Crippen LogP contribution in [0.15, 0.2) is 12.7 Å². The van der Waals surface area contributed by atoms with Crippen LogP contribution in [0, 0.1) is 23.2 Å². The summed E-state index contributed by atoms with van der Waals surface area (Å²) in [7, 11) is 0. The molecule has 5 unspecified atom stereocenters. The van der Waals surface area contributed by atoms with Crippen LogP contribution in [0.5, 0.6) is 0 Å². The van der Waals surface area contributed by atoms with Gasteiger partial charge in [-0.3, -0.25) is 24.0 Å². The number of hydrogen-bond donors (Lipinski definition) is 3. The highest BCUT2D eigenvalue weighted by Gasteiger charge is 2.69. The van der Waals surface area contributed by atoms with Gasteiger partial charge in [-0.05, 0) is 83.0 Å². The number of esters is 1. The molecule has 3 rings (SSSR count). The average Bonchev–Trinajstić information content (AvgIpc) is 3.30. The molecule has 46 heavy (non-hydrogen) atoms. The van der Waals surface area contributed by atoms with Crippen molar-refractivity contribution in [2.75, 3.05) is 19.7 Å². The highest BCUT2D eigenvalue weighted by atomic mass is 16.6. The van der Waals surface area contributed by atoms with Crippen LogP contribution < -0.4 is 16.0 Å². The number of piperidine rings is 1. The number of ether oxygens (including phenoxy) is 2. The summed E-state index contributed by atoms with van der Waals surface area (Å²) >= 11 is 0. The molecule has 0 aromatic carbocycles. The fourth-order valence-electron chi connectivity index (χ4n) is 7.00. The third-order valence-corrected chi connectivity index (χ3v) is 9.48. The van der Waals surface area contributed by atoms with Crippen LogP contribution in [-0.2, 0) is 33.4 Å². The second-order valence-electron chi connectivity index (χ2n) is 14.4. The van der Waals surface area contributed by atoms with Gasteiger partial charge in [0.25, 0.3) is 5.91 Å². The molecule has 2 aliphatic carbocycles. The Morgan fingerprint density at radius 1 is 1.04 bits per heavy atom. The molecule has 258 valence electrons. The largest absolute Gasteiger partial charge is 0.466 e. The van der Waals surface area contributed by atoms with Crippen molar-refractivity contribution in [1.82, 2.24) is 20.9 Å². The van der Waals surface area contributed by atoms with Gasteiger partial charge in [0.2, 0.25) is 17.6 Å². The lowest BCUT2D eigenvalue weighted by Gasteiger charge is -2.37. The molecule has 3 N–H and O–H groups in total. The van der Waals surface area contributed by atoms with E-state index >= 15 is 0 Å². The minimum Gasteiger partial charge on any atom is -0.466 e. The number of ketones is 1. The van der Waals surface area contributed by atoms with Gasteiger partial charge in [0.05, 0.1) is 12.6 Å². The Kier molecular flexibility index (Phi) is 12.8. The maximum Gasteiger partial charge on any atom is 0.408 e. The van der Waals surface area contributed by atoms with Crippen molar-refractivity contribution >= 4 is 35.6 Å². The van der Waals surface area contributed by atoms with Crippen molar-refractivity contribution in [3.63, 3.8) is 0 Å². The number of rotatable bonds is 15. The third kappa shape index (κ3) is 9.54. The van der Waals surface area contributed by atoms with Crippen molar-refractivity contribution in [2.45, 2.75) is 123 Å². The molecule has 3 aliphatic rings. The molecule has 12 nitrogen and oxygen atoms in total. The van der Waals surface area contributed by atoms with Gasteiger partial charge in [0, 0.05) is 19.5 Å². The monoisotopic (exact) mass is 646 g/mol. The van der Waals surface area contributed by atoms with Crippen molar-refractivity contribution in [1.29, 1.82) is 0 Å². The minimum atomic E-state index is -1.12. The Balaban J connectivity index is 1.76. The Bertz CT molecular complexity index is 1160. The van der Waals surface area contributed by atoms with Gasteiger partial charge in [-0.15, -0.1) is 6.58 Å². The molecule has 1 saturated heterocycles. The molecule has 4 amide bonds. The van der Waals surface area contributed by atoms with E-state index in [1.165, 1.54) is 0 Å². The molecular formula is C34H54N4O8. The molecule has 0 bridgehead atoms. The van der Waals surface area contributed by atoms with Gasteiger partial charge in [-0.25, -0.2) is 4.79 Å². The predicted octanol–water partition coefficient (Wildman–Crippen LogP) is 3.42. The average molecular weight is 647 g/mol. The van der Waals surface area contributed by atoms with Gasteiger partial charge in [0.1, 0.15) is 17.7 Å². The Morgan fingerprint density at radius 2 is 1.72 bits per heavy atom. The maximum absolute atomic E-state index is 14.3. The summed E-state index contributed by atoms with van der Waals surface area (Å²) in [6.07, 6.45) is 6.40. The lowest BCUT2D eigenvalue weighted by molar-refractivity contribution is -0.145. The molecule has 2 saturated carbocycles. The Hall–Kier alpha value is -3.44. The summed E-state index contributed by atoms with van der Waals surface area (Å²) in [5.41, 5.74) is -0.930. The van der Waals surface area contributed by atoms with E-state index in [9.17, 15) is 28.8 Å². The van der Waals surface area contributed by atoms with E-state index in [0.717, 1.165) is 32.1 Å². The third-order valence-electron chi connectivity index (χ3n) is 9.48. The van der Waals surface area contributed by atoms with E-state index < -0.39 is 47.4 Å². The van der Waals surface area contributed by atoms with Gasteiger partial charge in [0.15, 0.2) is 0 Å². The van der Waals surface area contributed by atoms with E-state index in [1.54, 1.807) is 38.7 Å². The first-order valence-corrected chi connectivity index (χ1v) is 16.8. The van der Waals surface area contributed by atoms with E-state index in [0.29, 0.717) is 19.4 Å². The number of amides is 4. The predicted molar refractivity (Wildman–Crippen MR) is 171 cm³/mol. The molecule has 0 aromatic rings. The van der Waals surface area contributed by atoms with Crippen LogP contribution in [0.4, 0.5) is 4.79 Å². The van der Waals surface area contributed by atoms with Gasteiger partial charge < -0.3 is 30.3 Å². The van der Waals surface area contributed by atoms with E-state index in [-0.39, 0.29) is 61.0 Å². The molecule has 1 aliphatic heterocycles. The number of carbonyl (C=O) groups is 6. The SMILES string of the molecule is C=CCCC(NC(=O)C1C2C(CN1C(=O)C(NC(=O)OC(C)(C)C)C1CCCCC1)C2(C)C)C(=O)C(=O)NCCCC(=O)OCC. The molecule has 1 heterocycles. The van der Waals surface area contributed by atoms with E-state index in [2.05, 4.69) is 36.4 Å². The number of nitrogens with zero attached hydrogens (tertiary/aromatic N) is 1. The summed E-state index contributed by atoms with van der Waals surface area (Å²) in [6.45, 7) is 15.5. The lowest BCUT2D eigenvalue weighted by Crippen LogP contribution is -2.59. The molecule has 3 fully saturated rings. The zero-order chi connectivity index (χ0) is 34.2. The van der Waals surface area contributed by atoms with Gasteiger partial charge in [-0.1, -0.05) is 39.2 Å². The first kappa shape index (κ1) is 37.0. The first-order valence-electron chi connectivity index (χ1n) is 16.8. The van der Waals surface area contributed by atoms with Crippen LogP contribution in [0.25, 0.3) is 0 Å². The Labute approximate surface area is 273 Å². The van der Waals surface area contributed by atoms with Crippen molar-refractivity contribution in [3.8, 4) is 0 Å². The highest BCUT2D eigenvalue weighted by molar-refractivity contribution is 6.38. The second kappa shape index (κ2) is 15.9. The number of Topliss-reactive ketones (excluding diaryl/α,β-unsaturated/α-hetero) is 1. The van der Waals surface area contributed by atoms with Crippen LogP contribution >= 0.6 is 0 Å². The first-order chi connectivity index (χ1) is 21.6. The van der Waals surface area contributed by atoms with Crippen LogP contribution in [0.1, 0.15) is 99.3 Å². The number of allylic oxidation sites excluding steroid dienone is 1. The van der Waals surface area contributed by atoms with Crippen LogP contribution in [0.2, 0.25) is 0 Å². The highest BCUT2D eigenvalue weighted by Crippen LogP contribution is 2.65. The number of carbonyl (C=O) groups excluding carboxylic acids is 6. The van der Waals surface area contributed by atoms with Gasteiger partial charge in [-0.2, -0.15) is 0 Å². The van der Waals surface area contributed by atoms with Crippen LogP contribution in [-0.4, -0.2) is 83.9 Å². The molecule has 12 heteroatoms. The minimum absolute atomic E-state index is 0.0862. The smallest absolute Gasteiger partial charge is 0.408 e. The second-order valence-corrected chi connectivity index (χ2v) is 14.4. The van der Waals surface area contributed by atoms with E-state index in [1.807, 2.05) is 0 Å². The maximum atomic E-state index is 14.3. The normalized spacial score (nSPS) is 23.3. The quantitative estimate of drug-likeness (QED) is 0.106. The Morgan fingerprint density at radius 3 is 2.33 bits per heavy atom. The number of hydrogen-bond acceptors (Lipinski definition) is 8. The fourth-order valence-corrected chi connectivity index (χ4v) is 7.00. The zero-order valence-electron chi connectivity index (χ0n) is 28.4. The summed E-state index contributed by atoms with van der Waals surface area (Å²) in [4.78, 5) is 80.3. The summed E-state index contributed by atoms with van der Waals surface area (Å²) in [5.74, 6) is -3.00. The molecule has 5 atom stereocenters. The summed E-state index contributed by atoms with van der Waals surface area (Å²) in [6, 6.07) is -2.82. The topological polar surface area (TPSA) is 160 Å². The molecular weight excluding hydrogens is 592 g/mol. The van der Waals surface area contributed by atoms with E-state index in [4.69, 9.17) is 9.47 Å². The summed E-state index contributed by atoms with van der Waals surface area (Å²) < 4.78 is 10.4. The zero-order valence-corrected chi connectivity index (χ0v) is 28.4. The van der Waals surface area contributed by atoms with Crippen molar-refractivity contribution in [3.05, 3.63) is 12.7 Å². The number of nitrogens with one attached hydrogen (secondary N) is 3. The molecule has 0 radical (unpaired) electrons. The lowest BCUT2D eigenvalue weighted by atomic mass is 9.83. The standard InChI is InChI=1S/C34H54N4O8/c1-8-10-17-23(28(40)30(42)35-19-14-18-24(39)45-9-2)36-29(41)27-25-22(34(25,6)7)20-38(27)31(43)26(21-15-12-11-13-16-21)37-32(44)46-33(3,4)5/h8,21-23,25-27H,1,9-20H2,2-7H3,(H,35,42)(H,36,41)(H,37,44). The number of likely N-dealkylation sites (tertiary alicyclic amines) is 1. The van der Waals surface area contributed by atoms with Gasteiger partial charge >= 0.3 is 12.1 Å². The molecule has 0 aromatic heterocycles. The number of alkyl carbamates (subject to hydrolysis) is 1. The molecule has 0 spiro atoms. The fraction of sp³-hybridized carbons (Fsp3) is 0.765. The summed E-state index contributed by atoms with van der Waals surface area (Å²) in [5, 5.41) is 8.16. The van der Waals surface area contributed by atoms with Crippen molar-refractivity contribution < 1.29 is 38.2 Å².